The van der Waals surface area contributed by atoms with Crippen LogP contribution >= 0.6 is 0 Å². The molecule has 0 aromatic heterocycles. The van der Waals surface area contributed by atoms with Crippen LogP contribution in [-0.4, -0.2) is 47.8 Å². The molecule has 1 aliphatic heterocycles. The van der Waals surface area contributed by atoms with Gasteiger partial charge < -0.3 is 9.80 Å². The van der Waals surface area contributed by atoms with Crippen molar-refractivity contribution >= 4 is 11.8 Å². The van der Waals surface area contributed by atoms with Crippen molar-refractivity contribution in [3.63, 3.8) is 0 Å². The number of rotatable bonds is 10. The first-order valence-corrected chi connectivity index (χ1v) is 10.2. The van der Waals surface area contributed by atoms with Gasteiger partial charge in [-0.05, 0) is 25.7 Å². The van der Waals surface area contributed by atoms with E-state index in [2.05, 4.69) is 27.7 Å². The summed E-state index contributed by atoms with van der Waals surface area (Å²) in [6.07, 6.45) is 8.19. The van der Waals surface area contributed by atoms with E-state index in [1.807, 2.05) is 9.80 Å². The highest BCUT2D eigenvalue weighted by Crippen LogP contribution is 2.20. The molecule has 0 radical (unpaired) electrons. The molecular formula is C20H38N2O2. The Morgan fingerprint density at radius 2 is 0.875 bits per heavy atom. The fourth-order valence-electron chi connectivity index (χ4n) is 3.84. The molecule has 1 heterocycles. The fraction of sp³-hybridized carbons (Fsp3) is 0.900. The molecule has 0 aliphatic carbocycles. The van der Waals surface area contributed by atoms with E-state index in [0.717, 1.165) is 51.4 Å². The summed E-state index contributed by atoms with van der Waals surface area (Å²) in [6.45, 7) is 11.4. The van der Waals surface area contributed by atoms with Crippen LogP contribution in [0.4, 0.5) is 0 Å². The number of hydrogen-bond donors (Lipinski definition) is 0. The summed E-state index contributed by atoms with van der Waals surface area (Å²) in [5.74, 6) is 0.972. The lowest BCUT2D eigenvalue weighted by atomic mass is 9.95. The van der Waals surface area contributed by atoms with Crippen LogP contribution in [0.3, 0.4) is 0 Å². The van der Waals surface area contributed by atoms with E-state index < -0.39 is 0 Å². The Labute approximate surface area is 149 Å². The van der Waals surface area contributed by atoms with Crippen molar-refractivity contribution in [1.82, 2.24) is 9.80 Å². The molecule has 0 atom stereocenters. The summed E-state index contributed by atoms with van der Waals surface area (Å²) < 4.78 is 0. The maximum Gasteiger partial charge on any atom is 0.225 e. The number of hydrogen-bond acceptors (Lipinski definition) is 2. The van der Waals surface area contributed by atoms with E-state index in [1.54, 1.807) is 0 Å². The Hall–Kier alpha value is -1.06. The van der Waals surface area contributed by atoms with Gasteiger partial charge in [0, 0.05) is 38.0 Å². The summed E-state index contributed by atoms with van der Waals surface area (Å²) in [7, 11) is 0. The molecule has 2 amide bonds. The van der Waals surface area contributed by atoms with Crippen molar-refractivity contribution in [2.24, 2.45) is 11.8 Å². The molecule has 0 unspecified atom stereocenters. The van der Waals surface area contributed by atoms with Gasteiger partial charge in [0.25, 0.3) is 0 Å². The van der Waals surface area contributed by atoms with Gasteiger partial charge in [0.2, 0.25) is 11.8 Å². The summed E-state index contributed by atoms with van der Waals surface area (Å²) in [5.41, 5.74) is 0. The third kappa shape index (κ3) is 6.10. The first-order chi connectivity index (χ1) is 11.6. The van der Waals surface area contributed by atoms with E-state index in [1.165, 1.54) is 0 Å². The second-order valence-electron chi connectivity index (χ2n) is 7.20. The molecule has 0 saturated carbocycles. The van der Waals surface area contributed by atoms with Gasteiger partial charge in [-0.2, -0.15) is 0 Å². The quantitative estimate of drug-likeness (QED) is 0.602. The van der Waals surface area contributed by atoms with Crippen molar-refractivity contribution < 1.29 is 9.59 Å². The summed E-state index contributed by atoms with van der Waals surface area (Å²) >= 11 is 0. The molecule has 1 rings (SSSR count). The topological polar surface area (TPSA) is 40.6 Å². The van der Waals surface area contributed by atoms with Crippen molar-refractivity contribution in [3.8, 4) is 0 Å². The first-order valence-electron chi connectivity index (χ1n) is 10.2. The van der Waals surface area contributed by atoms with Crippen LogP contribution in [0.1, 0.15) is 79.1 Å². The first kappa shape index (κ1) is 21.0. The standard InChI is InChI=1S/C20H38N2O2/c1-5-9-17(10-6-2)19(23)21-13-15-22(16-14-21)20(24)18(11-7-3)12-8-4/h17-18H,5-16H2,1-4H3. The number of nitrogens with zero attached hydrogens (tertiary/aromatic N) is 2. The van der Waals surface area contributed by atoms with Crippen LogP contribution in [0.15, 0.2) is 0 Å². The Kier molecular flexibility index (Phi) is 10.0. The smallest absolute Gasteiger partial charge is 0.225 e. The lowest BCUT2D eigenvalue weighted by Crippen LogP contribution is -2.53. The Morgan fingerprint density at radius 1 is 0.625 bits per heavy atom. The second kappa shape index (κ2) is 11.5. The molecular weight excluding hydrogens is 300 g/mol. The monoisotopic (exact) mass is 338 g/mol. The van der Waals surface area contributed by atoms with E-state index in [0.29, 0.717) is 38.0 Å². The number of carbonyl (C=O) groups excluding carboxylic acids is 2. The lowest BCUT2D eigenvalue weighted by molar-refractivity contribution is -0.144. The minimum Gasteiger partial charge on any atom is -0.339 e. The van der Waals surface area contributed by atoms with Gasteiger partial charge >= 0.3 is 0 Å². The minimum absolute atomic E-state index is 0.176. The van der Waals surface area contributed by atoms with Crippen molar-refractivity contribution in [3.05, 3.63) is 0 Å². The molecule has 24 heavy (non-hydrogen) atoms. The van der Waals surface area contributed by atoms with Gasteiger partial charge in [0.15, 0.2) is 0 Å². The van der Waals surface area contributed by atoms with Gasteiger partial charge in [-0.15, -0.1) is 0 Å². The predicted octanol–water partition coefficient (Wildman–Crippen LogP) is 4.09. The zero-order valence-corrected chi connectivity index (χ0v) is 16.4. The highest BCUT2D eigenvalue weighted by molar-refractivity contribution is 5.81. The number of carbonyl (C=O) groups is 2. The highest BCUT2D eigenvalue weighted by atomic mass is 16.2. The molecule has 0 spiro atoms. The molecule has 4 nitrogen and oxygen atoms in total. The van der Waals surface area contributed by atoms with Crippen molar-refractivity contribution in [2.45, 2.75) is 79.1 Å². The van der Waals surface area contributed by atoms with Gasteiger partial charge in [-0.1, -0.05) is 53.4 Å². The molecule has 140 valence electrons. The molecule has 0 N–H and O–H groups in total. The van der Waals surface area contributed by atoms with Crippen LogP contribution < -0.4 is 0 Å². The minimum atomic E-state index is 0.176. The highest BCUT2D eigenvalue weighted by Gasteiger charge is 2.30. The maximum absolute atomic E-state index is 12.7. The van der Waals surface area contributed by atoms with Crippen molar-refractivity contribution in [1.29, 1.82) is 0 Å². The lowest BCUT2D eigenvalue weighted by Gasteiger charge is -2.38. The number of amides is 2. The molecule has 0 aromatic carbocycles. The molecule has 1 saturated heterocycles. The van der Waals surface area contributed by atoms with E-state index in [4.69, 9.17) is 0 Å². The number of piperazine rings is 1. The van der Waals surface area contributed by atoms with Gasteiger partial charge in [-0.3, -0.25) is 9.59 Å². The average molecular weight is 339 g/mol. The maximum atomic E-state index is 12.7. The van der Waals surface area contributed by atoms with Crippen LogP contribution in [-0.2, 0) is 9.59 Å². The molecule has 1 aliphatic rings. The molecule has 0 aromatic rings. The fourth-order valence-corrected chi connectivity index (χ4v) is 3.84. The zero-order valence-electron chi connectivity index (χ0n) is 16.4. The average Bonchev–Trinajstić information content (AvgIpc) is 2.60. The normalized spacial score (nSPS) is 15.4. The van der Waals surface area contributed by atoms with E-state index in [9.17, 15) is 9.59 Å². The summed E-state index contributed by atoms with van der Waals surface area (Å²) in [6, 6.07) is 0. The zero-order chi connectivity index (χ0) is 17.9. The molecule has 4 heteroatoms. The van der Waals surface area contributed by atoms with Gasteiger partial charge in [0.1, 0.15) is 0 Å². The van der Waals surface area contributed by atoms with Crippen LogP contribution in [0.5, 0.6) is 0 Å². The Balaban J connectivity index is 2.55. The predicted molar refractivity (Wildman–Crippen MR) is 99.8 cm³/mol. The van der Waals surface area contributed by atoms with Crippen LogP contribution in [0.25, 0.3) is 0 Å². The Morgan fingerprint density at radius 3 is 1.08 bits per heavy atom. The Bertz CT molecular complexity index is 328. The largest absolute Gasteiger partial charge is 0.339 e. The van der Waals surface area contributed by atoms with E-state index in [-0.39, 0.29) is 11.8 Å². The third-order valence-electron chi connectivity index (χ3n) is 5.15. The SMILES string of the molecule is CCCC(CCC)C(=O)N1CCN(C(=O)C(CCC)CCC)CC1. The molecule has 1 fully saturated rings. The summed E-state index contributed by atoms with van der Waals surface area (Å²) in [4.78, 5) is 29.4. The van der Waals surface area contributed by atoms with Gasteiger partial charge in [0.05, 0.1) is 0 Å². The third-order valence-corrected chi connectivity index (χ3v) is 5.15. The van der Waals surface area contributed by atoms with Crippen molar-refractivity contribution in [2.75, 3.05) is 26.2 Å². The van der Waals surface area contributed by atoms with Crippen LogP contribution in [0, 0.1) is 11.8 Å². The van der Waals surface area contributed by atoms with Gasteiger partial charge in [-0.25, -0.2) is 0 Å². The summed E-state index contributed by atoms with van der Waals surface area (Å²) in [5, 5.41) is 0. The second-order valence-corrected chi connectivity index (χ2v) is 7.20. The van der Waals surface area contributed by atoms with Crippen LogP contribution in [0.2, 0.25) is 0 Å². The van der Waals surface area contributed by atoms with E-state index >= 15 is 0 Å². The molecule has 0 bridgehead atoms.